The minimum atomic E-state index is -0.789. The van der Waals surface area contributed by atoms with Crippen LogP contribution in [0.15, 0.2) is 30.3 Å². The minimum Gasteiger partial charge on any atom is -0.385 e. The molecule has 1 atom stereocenters. The standard InChI is InChI=1S/C18H24N2O3/c1-20-15(7-8-16(20)21)17(22)19-14-9-11-18(23,12-10-14)13-5-3-2-4-6-13/h2-6,14-15,23H,7-12H2,1H3,(H,19,22). The summed E-state index contributed by atoms with van der Waals surface area (Å²) in [5.74, 6) is -0.0271. The van der Waals surface area contributed by atoms with Crippen molar-refractivity contribution < 1.29 is 14.7 Å². The number of nitrogens with zero attached hydrogens (tertiary/aromatic N) is 1. The van der Waals surface area contributed by atoms with Crippen LogP contribution >= 0.6 is 0 Å². The molecule has 5 nitrogen and oxygen atoms in total. The average molecular weight is 316 g/mol. The molecule has 1 aromatic carbocycles. The van der Waals surface area contributed by atoms with Gasteiger partial charge in [-0.1, -0.05) is 30.3 Å². The van der Waals surface area contributed by atoms with Gasteiger partial charge in [-0.15, -0.1) is 0 Å². The zero-order valence-corrected chi connectivity index (χ0v) is 13.5. The Morgan fingerprint density at radius 3 is 2.43 bits per heavy atom. The van der Waals surface area contributed by atoms with E-state index in [1.54, 1.807) is 11.9 Å². The molecule has 1 aliphatic heterocycles. The van der Waals surface area contributed by atoms with Crippen LogP contribution in [0.2, 0.25) is 0 Å². The maximum atomic E-state index is 12.3. The topological polar surface area (TPSA) is 69.6 Å². The third kappa shape index (κ3) is 3.24. The molecule has 1 heterocycles. The van der Waals surface area contributed by atoms with Gasteiger partial charge in [-0.25, -0.2) is 0 Å². The maximum absolute atomic E-state index is 12.3. The van der Waals surface area contributed by atoms with E-state index in [4.69, 9.17) is 0 Å². The molecule has 0 radical (unpaired) electrons. The largest absolute Gasteiger partial charge is 0.385 e. The van der Waals surface area contributed by atoms with Crippen molar-refractivity contribution in [2.24, 2.45) is 0 Å². The molecule has 5 heteroatoms. The van der Waals surface area contributed by atoms with Crippen LogP contribution in [0.3, 0.4) is 0 Å². The van der Waals surface area contributed by atoms with Gasteiger partial charge in [0, 0.05) is 19.5 Å². The Hall–Kier alpha value is -1.88. The number of carbonyl (C=O) groups excluding carboxylic acids is 2. The zero-order valence-electron chi connectivity index (χ0n) is 13.5. The molecule has 1 aliphatic carbocycles. The van der Waals surface area contributed by atoms with E-state index in [1.165, 1.54) is 0 Å². The Bertz CT molecular complexity index is 579. The molecular weight excluding hydrogens is 292 g/mol. The van der Waals surface area contributed by atoms with Crippen molar-refractivity contribution in [3.8, 4) is 0 Å². The number of nitrogens with one attached hydrogen (secondary N) is 1. The van der Waals surface area contributed by atoms with Gasteiger partial charge in [0.1, 0.15) is 6.04 Å². The molecule has 1 unspecified atom stereocenters. The summed E-state index contributed by atoms with van der Waals surface area (Å²) >= 11 is 0. The Morgan fingerprint density at radius 1 is 1.22 bits per heavy atom. The number of carbonyl (C=O) groups is 2. The second kappa shape index (κ2) is 6.32. The van der Waals surface area contributed by atoms with Gasteiger partial charge in [-0.05, 0) is 37.7 Å². The second-order valence-electron chi connectivity index (χ2n) is 6.74. The molecule has 0 aromatic heterocycles. The highest BCUT2D eigenvalue weighted by molar-refractivity contribution is 5.90. The number of hydrogen-bond donors (Lipinski definition) is 2. The van der Waals surface area contributed by atoms with Crippen LogP contribution in [-0.2, 0) is 15.2 Å². The molecule has 1 saturated carbocycles. The van der Waals surface area contributed by atoms with Gasteiger partial charge >= 0.3 is 0 Å². The van der Waals surface area contributed by atoms with Crippen LogP contribution in [0.1, 0.15) is 44.1 Å². The van der Waals surface area contributed by atoms with Gasteiger partial charge in [0.2, 0.25) is 11.8 Å². The molecule has 2 fully saturated rings. The van der Waals surface area contributed by atoms with Gasteiger partial charge in [-0.3, -0.25) is 9.59 Å². The van der Waals surface area contributed by atoms with Crippen LogP contribution in [0.25, 0.3) is 0 Å². The van der Waals surface area contributed by atoms with E-state index in [2.05, 4.69) is 5.32 Å². The smallest absolute Gasteiger partial charge is 0.243 e. The molecule has 2 amide bonds. The van der Waals surface area contributed by atoms with Crippen molar-refractivity contribution in [1.29, 1.82) is 0 Å². The van der Waals surface area contributed by atoms with Crippen molar-refractivity contribution in [1.82, 2.24) is 10.2 Å². The number of rotatable bonds is 3. The fraction of sp³-hybridized carbons (Fsp3) is 0.556. The Morgan fingerprint density at radius 2 is 1.87 bits per heavy atom. The van der Waals surface area contributed by atoms with Gasteiger partial charge in [0.25, 0.3) is 0 Å². The minimum absolute atomic E-state index is 0.0345. The van der Waals surface area contributed by atoms with Crippen molar-refractivity contribution in [2.45, 2.75) is 56.2 Å². The first-order valence-electron chi connectivity index (χ1n) is 8.33. The molecular formula is C18H24N2O3. The van der Waals surface area contributed by atoms with E-state index in [9.17, 15) is 14.7 Å². The molecule has 3 rings (SSSR count). The van der Waals surface area contributed by atoms with Crippen molar-refractivity contribution >= 4 is 11.8 Å². The fourth-order valence-electron chi connectivity index (χ4n) is 3.69. The summed E-state index contributed by atoms with van der Waals surface area (Å²) < 4.78 is 0. The summed E-state index contributed by atoms with van der Waals surface area (Å²) in [7, 11) is 1.69. The molecule has 2 aliphatic rings. The predicted molar refractivity (Wildman–Crippen MR) is 86.5 cm³/mol. The average Bonchev–Trinajstić information content (AvgIpc) is 2.90. The summed E-state index contributed by atoms with van der Waals surface area (Å²) in [6, 6.07) is 9.48. The Balaban J connectivity index is 1.55. The van der Waals surface area contributed by atoms with Crippen molar-refractivity contribution in [3.63, 3.8) is 0 Å². The van der Waals surface area contributed by atoms with Gasteiger partial charge < -0.3 is 15.3 Å². The van der Waals surface area contributed by atoms with E-state index >= 15 is 0 Å². The molecule has 1 aromatic rings. The van der Waals surface area contributed by atoms with Crippen LogP contribution in [-0.4, -0.2) is 41.0 Å². The van der Waals surface area contributed by atoms with E-state index in [-0.39, 0.29) is 23.9 Å². The van der Waals surface area contributed by atoms with Gasteiger partial charge in [0.15, 0.2) is 0 Å². The number of benzene rings is 1. The summed E-state index contributed by atoms with van der Waals surface area (Å²) in [5, 5.41) is 13.9. The van der Waals surface area contributed by atoms with Crippen LogP contribution in [0.5, 0.6) is 0 Å². The van der Waals surface area contributed by atoms with E-state index < -0.39 is 5.60 Å². The first-order chi connectivity index (χ1) is 11.0. The highest BCUT2D eigenvalue weighted by Crippen LogP contribution is 2.37. The van der Waals surface area contributed by atoms with Gasteiger partial charge in [0.05, 0.1) is 5.60 Å². The summed E-state index contributed by atoms with van der Waals surface area (Å²) in [5.41, 5.74) is 0.161. The SMILES string of the molecule is CN1C(=O)CCC1C(=O)NC1CCC(O)(c2ccccc2)CC1. The summed E-state index contributed by atoms with van der Waals surface area (Å²) in [6.07, 6.45) is 3.83. The molecule has 0 spiro atoms. The molecule has 124 valence electrons. The molecule has 2 N–H and O–H groups in total. The summed E-state index contributed by atoms with van der Waals surface area (Å²) in [4.78, 5) is 25.4. The normalized spacial score (nSPS) is 31.2. The monoisotopic (exact) mass is 316 g/mol. The van der Waals surface area contributed by atoms with Gasteiger partial charge in [-0.2, -0.15) is 0 Å². The summed E-state index contributed by atoms with van der Waals surface area (Å²) in [6.45, 7) is 0. The molecule has 23 heavy (non-hydrogen) atoms. The van der Waals surface area contributed by atoms with Crippen LogP contribution in [0.4, 0.5) is 0 Å². The number of amides is 2. The lowest BCUT2D eigenvalue weighted by atomic mass is 9.77. The van der Waals surface area contributed by atoms with Crippen molar-refractivity contribution in [2.75, 3.05) is 7.05 Å². The number of aliphatic hydroxyl groups is 1. The maximum Gasteiger partial charge on any atom is 0.243 e. The third-order valence-electron chi connectivity index (χ3n) is 5.27. The Labute approximate surface area is 136 Å². The predicted octanol–water partition coefficient (Wildman–Crippen LogP) is 1.55. The quantitative estimate of drug-likeness (QED) is 0.889. The molecule has 0 bridgehead atoms. The zero-order chi connectivity index (χ0) is 16.4. The third-order valence-corrected chi connectivity index (χ3v) is 5.27. The van der Waals surface area contributed by atoms with E-state index in [1.807, 2.05) is 30.3 Å². The van der Waals surface area contributed by atoms with Crippen LogP contribution < -0.4 is 5.32 Å². The van der Waals surface area contributed by atoms with Crippen molar-refractivity contribution in [3.05, 3.63) is 35.9 Å². The Kier molecular flexibility index (Phi) is 4.39. The van der Waals surface area contributed by atoms with Crippen LogP contribution in [0, 0.1) is 0 Å². The first-order valence-corrected chi connectivity index (χ1v) is 8.33. The number of likely N-dealkylation sites (N-methyl/N-ethyl adjacent to an activating group) is 1. The molecule has 1 saturated heterocycles. The lowest BCUT2D eigenvalue weighted by Gasteiger charge is -2.37. The highest BCUT2D eigenvalue weighted by Gasteiger charge is 2.37. The number of hydrogen-bond acceptors (Lipinski definition) is 3. The fourth-order valence-corrected chi connectivity index (χ4v) is 3.69. The van der Waals surface area contributed by atoms with E-state index in [0.29, 0.717) is 25.7 Å². The lowest BCUT2D eigenvalue weighted by Crippen LogP contribution is -2.48. The first kappa shape index (κ1) is 16.0. The highest BCUT2D eigenvalue weighted by atomic mass is 16.3. The lowest BCUT2D eigenvalue weighted by molar-refractivity contribution is -0.134. The van der Waals surface area contributed by atoms with E-state index in [0.717, 1.165) is 18.4 Å². The second-order valence-corrected chi connectivity index (χ2v) is 6.74. The number of likely N-dealkylation sites (tertiary alicyclic amines) is 1.